The molecule has 11 heteroatoms. The van der Waals surface area contributed by atoms with Crippen LogP contribution in [-0.4, -0.2) is 42.3 Å². The summed E-state index contributed by atoms with van der Waals surface area (Å²) in [6.07, 6.45) is -4.14. The highest BCUT2D eigenvalue weighted by atomic mass is 19.4. The number of aromatic nitrogens is 1. The number of carbonyl (C=O) groups excluding carboxylic acids is 3. The Bertz CT molecular complexity index is 1260. The monoisotopic (exact) mass is 462 g/mol. The van der Waals surface area contributed by atoms with E-state index in [0.717, 1.165) is 18.9 Å². The van der Waals surface area contributed by atoms with E-state index in [1.807, 2.05) is 0 Å². The fraction of sp³-hybridized carbons (Fsp3) is 0.227. The lowest BCUT2D eigenvalue weighted by Gasteiger charge is -2.09. The fourth-order valence-electron chi connectivity index (χ4n) is 3.46. The molecule has 0 fully saturated rings. The number of fused-ring (bicyclic) bond motifs is 2. The van der Waals surface area contributed by atoms with Crippen LogP contribution in [0.25, 0.3) is 10.9 Å². The van der Waals surface area contributed by atoms with Crippen LogP contribution in [0.2, 0.25) is 0 Å². The number of ketones is 1. The predicted molar refractivity (Wildman–Crippen MR) is 108 cm³/mol. The molecular weight excluding hydrogens is 445 g/mol. The van der Waals surface area contributed by atoms with Crippen molar-refractivity contribution >= 4 is 28.6 Å². The number of benzene rings is 2. The number of methoxy groups -OCH3 is 1. The highest BCUT2D eigenvalue weighted by Crippen LogP contribution is 2.32. The van der Waals surface area contributed by atoms with E-state index < -0.39 is 29.4 Å². The lowest BCUT2D eigenvalue weighted by atomic mass is 10.1. The Labute approximate surface area is 184 Å². The number of nitrogens with zero attached hydrogens (tertiary/aromatic N) is 1. The number of hydrogen-bond acceptors (Lipinski definition) is 6. The summed E-state index contributed by atoms with van der Waals surface area (Å²) in [5.74, 6) is -2.13. The minimum absolute atomic E-state index is 0.0338. The molecule has 1 aliphatic heterocycles. The number of halogens is 3. The van der Waals surface area contributed by atoms with Crippen molar-refractivity contribution in [1.82, 2.24) is 9.88 Å². The molecule has 0 saturated heterocycles. The van der Waals surface area contributed by atoms with Gasteiger partial charge in [-0.3, -0.25) is 9.59 Å². The molecule has 172 valence electrons. The van der Waals surface area contributed by atoms with E-state index in [-0.39, 0.29) is 36.3 Å². The molecule has 0 radical (unpaired) electrons. The van der Waals surface area contributed by atoms with Crippen molar-refractivity contribution in [2.45, 2.75) is 19.3 Å². The van der Waals surface area contributed by atoms with E-state index in [0.29, 0.717) is 11.5 Å². The molecule has 0 unspecified atom stereocenters. The van der Waals surface area contributed by atoms with Gasteiger partial charge in [-0.25, -0.2) is 4.79 Å². The number of rotatable bonds is 6. The predicted octanol–water partition coefficient (Wildman–Crippen LogP) is 3.22. The molecule has 0 bridgehead atoms. The highest BCUT2D eigenvalue weighted by molar-refractivity contribution is 6.11. The first-order chi connectivity index (χ1) is 15.7. The summed E-state index contributed by atoms with van der Waals surface area (Å²) >= 11 is 0. The zero-order chi connectivity index (χ0) is 23.8. The second-order valence-electron chi connectivity index (χ2n) is 7.19. The van der Waals surface area contributed by atoms with E-state index in [1.165, 1.54) is 22.8 Å². The topological polar surface area (TPSA) is 95.9 Å². The third kappa shape index (κ3) is 4.47. The maximum atomic E-state index is 13.1. The molecule has 1 amide bonds. The summed E-state index contributed by atoms with van der Waals surface area (Å²) in [6, 6.07) is 8.90. The van der Waals surface area contributed by atoms with Gasteiger partial charge in [0.25, 0.3) is 5.78 Å². The van der Waals surface area contributed by atoms with Gasteiger partial charge >= 0.3 is 12.1 Å². The number of carbonyl (C=O) groups is 3. The van der Waals surface area contributed by atoms with Gasteiger partial charge in [0, 0.05) is 18.1 Å². The highest BCUT2D eigenvalue weighted by Gasteiger charge is 2.41. The summed E-state index contributed by atoms with van der Waals surface area (Å²) in [4.78, 5) is 36.3. The fourth-order valence-corrected chi connectivity index (χ4v) is 3.46. The van der Waals surface area contributed by atoms with Crippen molar-refractivity contribution in [2.24, 2.45) is 0 Å². The summed E-state index contributed by atoms with van der Waals surface area (Å²) in [5, 5.41) is 2.63. The normalized spacial score (nSPS) is 12.6. The van der Waals surface area contributed by atoms with Gasteiger partial charge in [-0.2, -0.15) is 13.2 Å². The zero-order valence-corrected chi connectivity index (χ0v) is 17.2. The van der Waals surface area contributed by atoms with Gasteiger partial charge in [0.1, 0.15) is 6.54 Å². The molecule has 2 aromatic carbocycles. The molecule has 33 heavy (non-hydrogen) atoms. The number of alkyl halides is 3. The Hall–Kier alpha value is -4.02. The van der Waals surface area contributed by atoms with Gasteiger partial charge in [-0.1, -0.05) is 12.1 Å². The van der Waals surface area contributed by atoms with Crippen LogP contribution < -0.4 is 14.8 Å². The Morgan fingerprint density at radius 1 is 1.09 bits per heavy atom. The number of esters is 1. The first kappa shape index (κ1) is 22.2. The molecule has 8 nitrogen and oxygen atoms in total. The van der Waals surface area contributed by atoms with Crippen LogP contribution in [0.1, 0.15) is 26.3 Å². The molecular formula is C22H17F3N2O6. The van der Waals surface area contributed by atoms with Gasteiger partial charge in [0.05, 0.1) is 23.8 Å². The van der Waals surface area contributed by atoms with Crippen molar-refractivity contribution < 1.29 is 41.8 Å². The van der Waals surface area contributed by atoms with Gasteiger partial charge in [0.15, 0.2) is 11.5 Å². The van der Waals surface area contributed by atoms with Gasteiger partial charge in [0.2, 0.25) is 12.7 Å². The maximum absolute atomic E-state index is 13.1. The molecule has 0 aliphatic carbocycles. The van der Waals surface area contributed by atoms with Crippen molar-refractivity contribution in [1.29, 1.82) is 0 Å². The molecule has 3 aromatic rings. The standard InChI is InChI=1S/C22H17F3N2O6/c1-31-21(30)13-3-4-14-15(20(29)22(23,24)25)9-27(16(14)7-13)10-19(28)26-8-12-2-5-17-18(6-12)33-11-32-17/h2-7,9H,8,10-11H2,1H3,(H,26,28). The van der Waals surface area contributed by atoms with Crippen LogP contribution in [-0.2, 0) is 22.6 Å². The molecule has 2 heterocycles. The van der Waals surface area contributed by atoms with Crippen molar-refractivity contribution in [3.8, 4) is 11.5 Å². The lowest BCUT2D eigenvalue weighted by Crippen LogP contribution is -2.27. The summed E-state index contributed by atoms with van der Waals surface area (Å²) in [7, 11) is 1.16. The molecule has 1 aromatic heterocycles. The molecule has 4 rings (SSSR count). The average Bonchev–Trinajstić information content (AvgIpc) is 3.40. The van der Waals surface area contributed by atoms with Crippen LogP contribution in [0, 0.1) is 0 Å². The molecule has 1 aliphatic rings. The lowest BCUT2D eigenvalue weighted by molar-refractivity contribution is -0.121. The van der Waals surface area contributed by atoms with Crippen LogP contribution >= 0.6 is 0 Å². The van der Waals surface area contributed by atoms with Crippen molar-refractivity contribution in [3.05, 3.63) is 59.3 Å². The average molecular weight is 462 g/mol. The van der Waals surface area contributed by atoms with E-state index in [4.69, 9.17) is 9.47 Å². The van der Waals surface area contributed by atoms with Crippen LogP contribution in [0.3, 0.4) is 0 Å². The largest absolute Gasteiger partial charge is 0.465 e. The Balaban J connectivity index is 1.59. The maximum Gasteiger partial charge on any atom is 0.454 e. The summed E-state index contributed by atoms with van der Waals surface area (Å²) in [6.45, 7) is -0.133. The van der Waals surface area contributed by atoms with E-state index in [1.54, 1.807) is 18.2 Å². The molecule has 1 N–H and O–H groups in total. The Kier molecular flexibility index (Phi) is 5.71. The minimum Gasteiger partial charge on any atom is -0.465 e. The van der Waals surface area contributed by atoms with E-state index >= 15 is 0 Å². The van der Waals surface area contributed by atoms with Crippen LogP contribution in [0.15, 0.2) is 42.6 Å². The first-order valence-electron chi connectivity index (χ1n) is 9.65. The van der Waals surface area contributed by atoms with Crippen LogP contribution in [0.5, 0.6) is 11.5 Å². The number of nitrogens with one attached hydrogen (secondary N) is 1. The number of hydrogen-bond donors (Lipinski definition) is 1. The summed E-state index contributed by atoms with van der Waals surface area (Å²) < 4.78 is 55.5. The molecule has 0 atom stereocenters. The van der Waals surface area contributed by atoms with Crippen LogP contribution in [0.4, 0.5) is 13.2 Å². The Morgan fingerprint density at radius 3 is 2.58 bits per heavy atom. The van der Waals surface area contributed by atoms with E-state index in [9.17, 15) is 27.6 Å². The minimum atomic E-state index is -5.10. The van der Waals surface area contributed by atoms with Crippen molar-refractivity contribution in [2.75, 3.05) is 13.9 Å². The number of amides is 1. The number of Topliss-reactive ketones (excluding diaryl/α,β-unsaturated/α-hetero) is 1. The Morgan fingerprint density at radius 2 is 1.85 bits per heavy atom. The van der Waals surface area contributed by atoms with Crippen molar-refractivity contribution in [3.63, 3.8) is 0 Å². The zero-order valence-electron chi connectivity index (χ0n) is 17.2. The van der Waals surface area contributed by atoms with Gasteiger partial charge < -0.3 is 24.1 Å². The van der Waals surface area contributed by atoms with Gasteiger partial charge in [-0.05, 0) is 29.8 Å². The molecule has 0 spiro atoms. The molecule has 0 saturated carbocycles. The third-order valence-electron chi connectivity index (χ3n) is 5.05. The first-order valence-corrected chi connectivity index (χ1v) is 9.65. The number of ether oxygens (including phenoxy) is 3. The second-order valence-corrected chi connectivity index (χ2v) is 7.19. The smallest absolute Gasteiger partial charge is 0.454 e. The van der Waals surface area contributed by atoms with Gasteiger partial charge in [-0.15, -0.1) is 0 Å². The SMILES string of the molecule is COC(=O)c1ccc2c(C(=O)C(F)(F)F)cn(CC(=O)NCc3ccc4c(c3)OCO4)c2c1. The second kappa shape index (κ2) is 8.49. The quantitative estimate of drug-likeness (QED) is 0.447. The third-order valence-corrected chi connectivity index (χ3v) is 5.05. The van der Waals surface area contributed by atoms with E-state index in [2.05, 4.69) is 10.1 Å². The summed E-state index contributed by atoms with van der Waals surface area (Å²) in [5.41, 5.74) is 0.295.